The van der Waals surface area contributed by atoms with Crippen molar-refractivity contribution in [3.05, 3.63) is 29.6 Å². The fraction of sp³-hybridized carbons (Fsp3) is 0.400. The molecule has 1 N–H and O–H groups in total. The molecular weight excluding hydrogens is 317 g/mol. The molecule has 2 atom stereocenters. The van der Waals surface area contributed by atoms with E-state index in [0.29, 0.717) is 11.4 Å². The first kappa shape index (κ1) is 15.7. The van der Waals surface area contributed by atoms with Crippen LogP contribution in [0, 0.1) is 11.5 Å². The highest BCUT2D eigenvalue weighted by molar-refractivity contribution is 7.81. The SMILES string of the molecule is CC(CS(O)=NC#N)c1ccc(C(Cl)(Cl)Cl)nc1. The van der Waals surface area contributed by atoms with E-state index in [9.17, 15) is 4.55 Å². The summed E-state index contributed by atoms with van der Waals surface area (Å²) in [5.74, 6) is 0.370. The van der Waals surface area contributed by atoms with Crippen molar-refractivity contribution in [1.82, 2.24) is 4.98 Å². The van der Waals surface area contributed by atoms with Crippen molar-refractivity contribution in [2.24, 2.45) is 4.36 Å². The largest absolute Gasteiger partial charge is 0.321 e. The standard InChI is InChI=1S/C10H10Cl3N3OS/c1-7(5-18(17)16-6-14)8-2-3-9(15-4-8)10(11,12)13/h2-4,7H,5H2,1H3,(H,16,17). The summed E-state index contributed by atoms with van der Waals surface area (Å²) in [7, 11) is -1.27. The third-order valence-corrected chi connectivity index (χ3v) is 3.86. The number of nitriles is 1. The minimum atomic E-state index is -1.54. The van der Waals surface area contributed by atoms with Crippen LogP contribution in [0.1, 0.15) is 24.1 Å². The number of aromatic nitrogens is 1. The van der Waals surface area contributed by atoms with Gasteiger partial charge in [0, 0.05) is 22.9 Å². The van der Waals surface area contributed by atoms with Crippen molar-refractivity contribution in [2.75, 3.05) is 5.75 Å². The van der Waals surface area contributed by atoms with Gasteiger partial charge in [-0.3, -0.25) is 4.98 Å². The molecule has 0 spiro atoms. The minimum absolute atomic E-state index is 0.00681. The Balaban J connectivity index is 2.80. The van der Waals surface area contributed by atoms with Gasteiger partial charge in [0.25, 0.3) is 0 Å². The molecule has 8 heteroatoms. The summed E-state index contributed by atoms with van der Waals surface area (Å²) >= 11 is 17.1. The van der Waals surface area contributed by atoms with E-state index in [1.165, 1.54) is 0 Å². The van der Waals surface area contributed by atoms with E-state index >= 15 is 0 Å². The van der Waals surface area contributed by atoms with E-state index in [1.54, 1.807) is 24.5 Å². The molecule has 0 radical (unpaired) electrons. The van der Waals surface area contributed by atoms with Gasteiger partial charge >= 0.3 is 0 Å². The van der Waals surface area contributed by atoms with Crippen LogP contribution in [0.3, 0.4) is 0 Å². The molecule has 1 heterocycles. The van der Waals surface area contributed by atoms with Gasteiger partial charge < -0.3 is 4.55 Å². The van der Waals surface area contributed by atoms with Crippen LogP contribution in [0.4, 0.5) is 0 Å². The molecule has 2 unspecified atom stereocenters. The summed E-state index contributed by atoms with van der Waals surface area (Å²) in [6.45, 7) is 1.90. The molecule has 0 amide bonds. The van der Waals surface area contributed by atoms with Crippen LogP contribution in [0.25, 0.3) is 0 Å². The van der Waals surface area contributed by atoms with E-state index in [1.807, 2.05) is 6.92 Å². The first-order valence-corrected chi connectivity index (χ1v) is 7.31. The zero-order valence-electron chi connectivity index (χ0n) is 9.35. The Morgan fingerprint density at radius 2 is 2.22 bits per heavy atom. The zero-order valence-corrected chi connectivity index (χ0v) is 12.4. The molecule has 0 aliphatic heterocycles. The normalized spacial score (nSPS) is 15.1. The molecule has 1 aromatic heterocycles. The second-order valence-corrected chi connectivity index (χ2v) is 7.05. The van der Waals surface area contributed by atoms with E-state index in [2.05, 4.69) is 9.35 Å². The summed E-state index contributed by atoms with van der Waals surface area (Å²) in [6.07, 6.45) is 3.16. The highest BCUT2D eigenvalue weighted by atomic mass is 35.6. The summed E-state index contributed by atoms with van der Waals surface area (Å²) in [6, 6.07) is 3.40. The van der Waals surface area contributed by atoms with E-state index < -0.39 is 14.8 Å². The molecule has 0 fully saturated rings. The lowest BCUT2D eigenvalue weighted by molar-refractivity contribution is 0.641. The maximum Gasteiger partial charge on any atom is 0.232 e. The molecular formula is C10H10Cl3N3OS. The predicted octanol–water partition coefficient (Wildman–Crippen LogP) is 3.77. The Morgan fingerprint density at radius 3 is 2.67 bits per heavy atom. The number of rotatable bonds is 3. The molecule has 1 rings (SSSR count). The van der Waals surface area contributed by atoms with Crippen LogP contribution in [-0.2, 0) is 14.8 Å². The maximum atomic E-state index is 9.42. The second-order valence-electron chi connectivity index (χ2n) is 3.57. The van der Waals surface area contributed by atoms with Crippen molar-refractivity contribution in [1.29, 1.82) is 5.26 Å². The number of nitrogens with zero attached hydrogens (tertiary/aromatic N) is 3. The molecule has 0 saturated carbocycles. The maximum absolute atomic E-state index is 9.42. The molecule has 0 bridgehead atoms. The van der Waals surface area contributed by atoms with Crippen molar-refractivity contribution in [3.8, 4) is 6.19 Å². The number of hydrogen-bond acceptors (Lipinski definition) is 3. The fourth-order valence-corrected chi connectivity index (χ4v) is 2.41. The number of halogens is 3. The fourth-order valence-electron chi connectivity index (χ4n) is 1.27. The quantitative estimate of drug-likeness (QED) is 0.679. The molecule has 0 aromatic carbocycles. The van der Waals surface area contributed by atoms with Gasteiger partial charge in [-0.05, 0) is 17.5 Å². The van der Waals surface area contributed by atoms with Crippen molar-refractivity contribution in [3.63, 3.8) is 0 Å². The molecule has 0 aliphatic rings. The van der Waals surface area contributed by atoms with Gasteiger partial charge in [0.2, 0.25) is 9.99 Å². The monoisotopic (exact) mass is 325 g/mol. The lowest BCUT2D eigenvalue weighted by Gasteiger charge is -2.13. The second kappa shape index (κ2) is 6.69. The lowest BCUT2D eigenvalue weighted by atomic mass is 10.1. The van der Waals surface area contributed by atoms with Gasteiger partial charge in [0.05, 0.1) is 5.69 Å². The van der Waals surface area contributed by atoms with E-state index in [-0.39, 0.29) is 5.92 Å². The summed E-state index contributed by atoms with van der Waals surface area (Å²) in [5.41, 5.74) is 1.22. The molecule has 0 saturated heterocycles. The minimum Gasteiger partial charge on any atom is -0.321 e. The van der Waals surface area contributed by atoms with Crippen LogP contribution < -0.4 is 0 Å². The van der Waals surface area contributed by atoms with Crippen LogP contribution >= 0.6 is 34.8 Å². The number of pyridine rings is 1. The van der Waals surface area contributed by atoms with Gasteiger partial charge in [-0.1, -0.05) is 47.8 Å². The highest BCUT2D eigenvalue weighted by Crippen LogP contribution is 2.36. The average molecular weight is 327 g/mol. The molecule has 1 aromatic rings. The highest BCUT2D eigenvalue weighted by Gasteiger charge is 2.24. The van der Waals surface area contributed by atoms with Crippen LogP contribution in [-0.4, -0.2) is 15.3 Å². The molecule has 4 nitrogen and oxygen atoms in total. The van der Waals surface area contributed by atoms with Gasteiger partial charge in [0.15, 0.2) is 0 Å². The number of hydrogen-bond donors (Lipinski definition) is 1. The van der Waals surface area contributed by atoms with Gasteiger partial charge in [0.1, 0.15) is 0 Å². The van der Waals surface area contributed by atoms with Crippen LogP contribution in [0.15, 0.2) is 22.7 Å². The lowest BCUT2D eigenvalue weighted by Crippen LogP contribution is -2.08. The van der Waals surface area contributed by atoms with Crippen molar-refractivity contribution < 1.29 is 4.55 Å². The molecule has 18 heavy (non-hydrogen) atoms. The smallest absolute Gasteiger partial charge is 0.232 e. The Bertz CT molecular complexity index is 479. The van der Waals surface area contributed by atoms with Crippen molar-refractivity contribution >= 4 is 45.8 Å². The van der Waals surface area contributed by atoms with Gasteiger partial charge in [-0.2, -0.15) is 5.26 Å². The topological polar surface area (TPSA) is 69.3 Å². The third-order valence-electron chi connectivity index (χ3n) is 2.19. The van der Waals surface area contributed by atoms with Crippen molar-refractivity contribution in [2.45, 2.75) is 16.6 Å². The summed E-state index contributed by atoms with van der Waals surface area (Å²) in [4.78, 5) is 4.05. The Kier molecular flexibility index (Phi) is 5.83. The first-order chi connectivity index (χ1) is 8.34. The molecule has 0 aliphatic carbocycles. The predicted molar refractivity (Wildman–Crippen MR) is 74.8 cm³/mol. The Morgan fingerprint density at radius 1 is 1.56 bits per heavy atom. The van der Waals surface area contributed by atoms with E-state index in [0.717, 1.165) is 5.56 Å². The van der Waals surface area contributed by atoms with Gasteiger partial charge in [-0.15, -0.1) is 4.36 Å². The van der Waals surface area contributed by atoms with Crippen LogP contribution in [0.2, 0.25) is 0 Å². The number of alkyl halides is 3. The Hall–Kier alpha value is -0.380. The zero-order chi connectivity index (χ0) is 13.8. The first-order valence-electron chi connectivity index (χ1n) is 4.87. The summed E-state index contributed by atoms with van der Waals surface area (Å²) in [5, 5.41) is 8.32. The van der Waals surface area contributed by atoms with E-state index in [4.69, 9.17) is 40.1 Å². The van der Waals surface area contributed by atoms with Crippen LogP contribution in [0.5, 0.6) is 0 Å². The third kappa shape index (κ3) is 4.71. The van der Waals surface area contributed by atoms with Gasteiger partial charge in [-0.25, -0.2) is 0 Å². The summed E-state index contributed by atoms with van der Waals surface area (Å²) < 4.78 is 11.2. The molecule has 98 valence electrons. The average Bonchev–Trinajstić information content (AvgIpc) is 2.28. The Labute approximate surface area is 123 Å².